The SMILES string of the molecule is O=C(C1CNCCO1)N(Cc1ccccn1)C1CC1. The Balaban J connectivity index is 1.68. The van der Waals surface area contributed by atoms with Crippen LogP contribution in [0, 0.1) is 0 Å². The van der Waals surface area contributed by atoms with E-state index in [4.69, 9.17) is 4.74 Å². The Kier molecular flexibility index (Phi) is 3.75. The van der Waals surface area contributed by atoms with E-state index in [2.05, 4.69) is 10.3 Å². The van der Waals surface area contributed by atoms with E-state index < -0.39 is 0 Å². The number of hydrogen-bond donors (Lipinski definition) is 1. The summed E-state index contributed by atoms with van der Waals surface area (Å²) in [4.78, 5) is 18.8. The lowest BCUT2D eigenvalue weighted by atomic mass is 10.2. The molecule has 1 N–H and O–H groups in total. The van der Waals surface area contributed by atoms with Gasteiger partial charge in [0.05, 0.1) is 18.8 Å². The Morgan fingerprint density at radius 3 is 3.00 bits per heavy atom. The highest BCUT2D eigenvalue weighted by molar-refractivity contribution is 5.82. The van der Waals surface area contributed by atoms with Crippen LogP contribution in [-0.2, 0) is 16.1 Å². The molecule has 1 saturated heterocycles. The van der Waals surface area contributed by atoms with Gasteiger partial charge in [0.1, 0.15) is 6.10 Å². The molecule has 1 aromatic rings. The third-order valence-corrected chi connectivity index (χ3v) is 3.53. The highest BCUT2D eigenvalue weighted by Crippen LogP contribution is 2.29. The van der Waals surface area contributed by atoms with E-state index in [1.54, 1.807) is 6.20 Å². The third-order valence-electron chi connectivity index (χ3n) is 3.53. The van der Waals surface area contributed by atoms with Gasteiger partial charge in [-0.05, 0) is 25.0 Å². The molecule has 2 heterocycles. The molecule has 3 rings (SSSR count). The van der Waals surface area contributed by atoms with Crippen LogP contribution in [0.5, 0.6) is 0 Å². The lowest BCUT2D eigenvalue weighted by Crippen LogP contribution is -2.49. The molecule has 1 atom stereocenters. The topological polar surface area (TPSA) is 54.5 Å². The van der Waals surface area contributed by atoms with Gasteiger partial charge in [0.25, 0.3) is 5.91 Å². The van der Waals surface area contributed by atoms with Crippen molar-refractivity contribution in [3.63, 3.8) is 0 Å². The number of ether oxygens (including phenoxy) is 1. The van der Waals surface area contributed by atoms with Crippen LogP contribution in [0.4, 0.5) is 0 Å². The summed E-state index contributed by atoms with van der Waals surface area (Å²) in [5.41, 5.74) is 0.937. The first-order valence-corrected chi connectivity index (χ1v) is 6.87. The van der Waals surface area contributed by atoms with Crippen LogP contribution in [0.1, 0.15) is 18.5 Å². The minimum absolute atomic E-state index is 0.0975. The van der Waals surface area contributed by atoms with Gasteiger partial charge in [-0.15, -0.1) is 0 Å². The quantitative estimate of drug-likeness (QED) is 0.860. The molecule has 2 fully saturated rings. The molecule has 0 radical (unpaired) electrons. The predicted octanol–water partition coefficient (Wildman–Crippen LogP) is 0.561. The van der Waals surface area contributed by atoms with Gasteiger partial charge in [0, 0.05) is 25.3 Å². The van der Waals surface area contributed by atoms with E-state index in [0.717, 1.165) is 25.1 Å². The van der Waals surface area contributed by atoms with Gasteiger partial charge in [0.2, 0.25) is 0 Å². The predicted molar refractivity (Wildman–Crippen MR) is 70.4 cm³/mol. The fourth-order valence-corrected chi connectivity index (χ4v) is 2.35. The highest BCUT2D eigenvalue weighted by Gasteiger charge is 2.36. The number of amides is 1. The molecule has 1 aromatic heterocycles. The molecule has 102 valence electrons. The normalized spacial score (nSPS) is 23.1. The fraction of sp³-hybridized carbons (Fsp3) is 0.571. The molecule has 1 aliphatic carbocycles. The summed E-state index contributed by atoms with van der Waals surface area (Å²) in [7, 11) is 0. The van der Waals surface area contributed by atoms with E-state index in [1.807, 2.05) is 23.1 Å². The van der Waals surface area contributed by atoms with Crippen molar-refractivity contribution in [1.82, 2.24) is 15.2 Å². The molecule has 0 spiro atoms. The first-order valence-electron chi connectivity index (χ1n) is 6.87. The lowest BCUT2D eigenvalue weighted by Gasteiger charge is -2.29. The molecule has 0 aromatic carbocycles. The summed E-state index contributed by atoms with van der Waals surface area (Å²) in [5, 5.41) is 3.21. The minimum Gasteiger partial charge on any atom is -0.366 e. The van der Waals surface area contributed by atoms with E-state index in [9.17, 15) is 4.79 Å². The maximum absolute atomic E-state index is 12.5. The Bertz CT molecular complexity index is 428. The Morgan fingerprint density at radius 2 is 2.37 bits per heavy atom. The molecule has 1 aliphatic heterocycles. The van der Waals surface area contributed by atoms with Gasteiger partial charge in [-0.25, -0.2) is 0 Å². The maximum atomic E-state index is 12.5. The van der Waals surface area contributed by atoms with Gasteiger partial charge < -0.3 is 15.0 Å². The van der Waals surface area contributed by atoms with Crippen molar-refractivity contribution >= 4 is 5.91 Å². The smallest absolute Gasteiger partial charge is 0.253 e. The Hall–Kier alpha value is -1.46. The molecule has 2 aliphatic rings. The number of aromatic nitrogens is 1. The molecule has 1 saturated carbocycles. The number of nitrogens with one attached hydrogen (secondary N) is 1. The summed E-state index contributed by atoms with van der Waals surface area (Å²) in [6.45, 7) is 2.64. The van der Waals surface area contributed by atoms with Gasteiger partial charge in [-0.1, -0.05) is 6.07 Å². The van der Waals surface area contributed by atoms with Crippen LogP contribution in [-0.4, -0.2) is 47.6 Å². The second-order valence-electron chi connectivity index (χ2n) is 5.08. The van der Waals surface area contributed by atoms with Gasteiger partial charge >= 0.3 is 0 Å². The fourth-order valence-electron chi connectivity index (χ4n) is 2.35. The van der Waals surface area contributed by atoms with Crippen molar-refractivity contribution in [3.05, 3.63) is 30.1 Å². The van der Waals surface area contributed by atoms with Crippen LogP contribution in [0.2, 0.25) is 0 Å². The molecule has 1 unspecified atom stereocenters. The van der Waals surface area contributed by atoms with Crippen LogP contribution < -0.4 is 5.32 Å². The maximum Gasteiger partial charge on any atom is 0.253 e. The number of hydrogen-bond acceptors (Lipinski definition) is 4. The van der Waals surface area contributed by atoms with Gasteiger partial charge in [-0.2, -0.15) is 0 Å². The largest absolute Gasteiger partial charge is 0.366 e. The number of nitrogens with zero attached hydrogens (tertiary/aromatic N) is 2. The molecule has 0 bridgehead atoms. The Morgan fingerprint density at radius 1 is 1.47 bits per heavy atom. The van der Waals surface area contributed by atoms with Gasteiger partial charge in [0.15, 0.2) is 0 Å². The third kappa shape index (κ3) is 3.11. The molecule has 5 nitrogen and oxygen atoms in total. The summed E-state index contributed by atoms with van der Waals surface area (Å²) >= 11 is 0. The second-order valence-corrected chi connectivity index (χ2v) is 5.08. The average Bonchev–Trinajstić information content (AvgIpc) is 3.31. The van der Waals surface area contributed by atoms with Crippen molar-refractivity contribution in [1.29, 1.82) is 0 Å². The number of carbonyl (C=O) groups is 1. The first kappa shape index (κ1) is 12.6. The zero-order valence-electron chi connectivity index (χ0n) is 10.9. The number of rotatable bonds is 4. The van der Waals surface area contributed by atoms with Crippen LogP contribution in [0.25, 0.3) is 0 Å². The van der Waals surface area contributed by atoms with E-state index in [-0.39, 0.29) is 12.0 Å². The molecular formula is C14H19N3O2. The summed E-state index contributed by atoms with van der Waals surface area (Å²) in [6.07, 6.45) is 3.62. The van der Waals surface area contributed by atoms with Crippen molar-refractivity contribution in [2.45, 2.75) is 31.5 Å². The first-order chi connectivity index (χ1) is 9.34. The zero-order chi connectivity index (χ0) is 13.1. The second kappa shape index (κ2) is 5.67. The number of morpholine rings is 1. The van der Waals surface area contributed by atoms with Crippen molar-refractivity contribution < 1.29 is 9.53 Å². The van der Waals surface area contributed by atoms with Crippen molar-refractivity contribution in [3.8, 4) is 0 Å². The van der Waals surface area contributed by atoms with E-state index >= 15 is 0 Å². The van der Waals surface area contributed by atoms with Crippen LogP contribution >= 0.6 is 0 Å². The molecule has 19 heavy (non-hydrogen) atoms. The summed E-state index contributed by atoms with van der Waals surface area (Å²) in [5.74, 6) is 0.0975. The minimum atomic E-state index is -0.335. The lowest BCUT2D eigenvalue weighted by molar-refractivity contribution is -0.146. The summed E-state index contributed by atoms with van der Waals surface area (Å²) in [6, 6.07) is 6.18. The van der Waals surface area contributed by atoms with Gasteiger partial charge in [-0.3, -0.25) is 9.78 Å². The molecular weight excluding hydrogens is 242 g/mol. The number of pyridine rings is 1. The monoisotopic (exact) mass is 261 g/mol. The average molecular weight is 261 g/mol. The molecule has 1 amide bonds. The van der Waals surface area contributed by atoms with Crippen LogP contribution in [0.3, 0.4) is 0 Å². The molecule has 5 heteroatoms. The van der Waals surface area contributed by atoms with Crippen LogP contribution in [0.15, 0.2) is 24.4 Å². The zero-order valence-corrected chi connectivity index (χ0v) is 10.9. The summed E-state index contributed by atoms with van der Waals surface area (Å²) < 4.78 is 5.56. The van der Waals surface area contributed by atoms with E-state index in [0.29, 0.717) is 25.7 Å². The number of carbonyl (C=O) groups excluding carboxylic acids is 1. The standard InChI is InChI=1S/C14H19N3O2/c18-14(13-9-15-7-8-19-13)17(12-4-5-12)10-11-3-1-2-6-16-11/h1-3,6,12-13,15H,4-5,7-10H2. The van der Waals surface area contributed by atoms with Crippen molar-refractivity contribution in [2.75, 3.05) is 19.7 Å². The van der Waals surface area contributed by atoms with E-state index in [1.165, 1.54) is 0 Å². The highest BCUT2D eigenvalue weighted by atomic mass is 16.5. The van der Waals surface area contributed by atoms with Crippen molar-refractivity contribution in [2.24, 2.45) is 0 Å². The Labute approximate surface area is 113 Å².